The first kappa shape index (κ1) is 18.2. The first-order chi connectivity index (χ1) is 13.0. The maximum absolute atomic E-state index is 13.0. The summed E-state index contributed by atoms with van der Waals surface area (Å²) in [6.45, 7) is 6.69. The third kappa shape index (κ3) is 3.17. The van der Waals surface area contributed by atoms with E-state index >= 15 is 0 Å². The van der Waals surface area contributed by atoms with Gasteiger partial charge in [-0.2, -0.15) is 5.10 Å². The maximum Gasteiger partial charge on any atom is 0.227 e. The van der Waals surface area contributed by atoms with Gasteiger partial charge in [0.25, 0.3) is 0 Å². The first-order valence-electron chi connectivity index (χ1n) is 9.61. The number of aromatic nitrogens is 2. The van der Waals surface area contributed by atoms with Gasteiger partial charge in [0.1, 0.15) is 0 Å². The third-order valence-electron chi connectivity index (χ3n) is 6.31. The van der Waals surface area contributed by atoms with Crippen LogP contribution < -0.4 is 0 Å². The number of hydrogen-bond acceptors (Lipinski definition) is 4. The van der Waals surface area contributed by atoms with E-state index in [9.17, 15) is 9.90 Å². The monoisotopic (exact) mass is 369 g/mol. The average molecular weight is 369 g/mol. The molecule has 144 valence electrons. The number of hydrogen-bond donors (Lipinski definition) is 1. The van der Waals surface area contributed by atoms with Crippen molar-refractivity contribution >= 4 is 5.91 Å². The summed E-state index contributed by atoms with van der Waals surface area (Å²) in [5.74, 6) is 0.338. The predicted molar refractivity (Wildman–Crippen MR) is 102 cm³/mol. The Labute approximate surface area is 159 Å². The Morgan fingerprint density at radius 2 is 2.11 bits per heavy atom. The number of aliphatic hydroxyl groups excluding tert-OH is 1. The summed E-state index contributed by atoms with van der Waals surface area (Å²) >= 11 is 0. The molecule has 3 heterocycles. The summed E-state index contributed by atoms with van der Waals surface area (Å²) in [6.07, 6.45) is 1.17. The van der Waals surface area contributed by atoms with Gasteiger partial charge in [0.2, 0.25) is 5.91 Å². The molecule has 2 aliphatic rings. The fourth-order valence-electron chi connectivity index (χ4n) is 4.51. The Hall–Kier alpha value is -2.18. The van der Waals surface area contributed by atoms with Crippen molar-refractivity contribution in [1.82, 2.24) is 14.7 Å². The van der Waals surface area contributed by atoms with Crippen molar-refractivity contribution in [1.29, 1.82) is 0 Å². The number of benzene rings is 1. The van der Waals surface area contributed by atoms with Gasteiger partial charge in [-0.15, -0.1) is 0 Å². The second kappa shape index (κ2) is 7.09. The van der Waals surface area contributed by atoms with Crippen LogP contribution in [-0.2, 0) is 16.0 Å². The minimum atomic E-state index is -0.188. The van der Waals surface area contributed by atoms with Crippen molar-refractivity contribution in [3.05, 3.63) is 47.3 Å². The Balaban J connectivity index is 1.53. The maximum atomic E-state index is 13.0. The highest BCUT2D eigenvalue weighted by Gasteiger charge is 2.49. The fraction of sp³-hybridized carbons (Fsp3) is 0.524. The summed E-state index contributed by atoms with van der Waals surface area (Å²) in [6, 6.07) is 9.98. The van der Waals surface area contributed by atoms with Crippen LogP contribution in [0.15, 0.2) is 30.3 Å². The fourth-order valence-corrected chi connectivity index (χ4v) is 4.51. The number of aryl methyl sites for hydroxylation is 1. The van der Waals surface area contributed by atoms with E-state index < -0.39 is 0 Å². The van der Waals surface area contributed by atoms with E-state index in [1.165, 1.54) is 0 Å². The van der Waals surface area contributed by atoms with Crippen LogP contribution in [0.5, 0.6) is 0 Å². The molecular formula is C21H27N3O3. The molecule has 0 spiro atoms. The molecule has 0 bridgehead atoms. The molecule has 0 unspecified atom stereocenters. The van der Waals surface area contributed by atoms with Crippen molar-refractivity contribution in [2.24, 2.45) is 11.3 Å². The van der Waals surface area contributed by atoms with Crippen LogP contribution >= 0.6 is 0 Å². The molecule has 6 nitrogen and oxygen atoms in total. The Morgan fingerprint density at radius 3 is 2.81 bits per heavy atom. The highest BCUT2D eigenvalue weighted by molar-refractivity contribution is 5.79. The van der Waals surface area contributed by atoms with Gasteiger partial charge >= 0.3 is 0 Å². The molecular weight excluding hydrogens is 342 g/mol. The van der Waals surface area contributed by atoms with E-state index in [2.05, 4.69) is 5.10 Å². The van der Waals surface area contributed by atoms with Crippen LogP contribution in [0.3, 0.4) is 0 Å². The summed E-state index contributed by atoms with van der Waals surface area (Å²) in [4.78, 5) is 14.9. The van der Waals surface area contributed by atoms with Crippen molar-refractivity contribution in [2.45, 2.75) is 26.7 Å². The number of para-hydroxylation sites is 1. The second-order valence-corrected chi connectivity index (χ2v) is 7.89. The molecule has 1 aromatic carbocycles. The number of likely N-dealkylation sites (tertiary alicyclic amines) is 1. The average Bonchev–Trinajstić information content (AvgIpc) is 3.22. The zero-order chi connectivity index (χ0) is 19.0. The number of aliphatic hydroxyl groups is 1. The van der Waals surface area contributed by atoms with Crippen molar-refractivity contribution in [2.75, 3.05) is 32.9 Å². The molecule has 2 aromatic rings. The highest BCUT2D eigenvalue weighted by Crippen LogP contribution is 2.41. The molecule has 0 saturated carbocycles. The lowest BCUT2D eigenvalue weighted by Gasteiger charge is -2.36. The topological polar surface area (TPSA) is 67.6 Å². The molecule has 1 aromatic heterocycles. The minimum absolute atomic E-state index is 0.107. The predicted octanol–water partition coefficient (Wildman–Crippen LogP) is 1.89. The number of rotatable bonds is 4. The highest BCUT2D eigenvalue weighted by atomic mass is 16.5. The van der Waals surface area contributed by atoms with Gasteiger partial charge in [-0.25, -0.2) is 4.68 Å². The molecule has 2 atom stereocenters. The van der Waals surface area contributed by atoms with Gasteiger partial charge < -0.3 is 14.7 Å². The largest absolute Gasteiger partial charge is 0.396 e. The number of carbonyl (C=O) groups excluding carboxylic acids is 1. The summed E-state index contributed by atoms with van der Waals surface area (Å²) < 4.78 is 7.49. The van der Waals surface area contributed by atoms with Crippen molar-refractivity contribution in [3.8, 4) is 5.69 Å². The number of fused-ring (bicyclic) bond motifs is 1. The van der Waals surface area contributed by atoms with Crippen LogP contribution in [0.25, 0.3) is 5.69 Å². The molecule has 4 rings (SSSR count). The second-order valence-electron chi connectivity index (χ2n) is 7.89. The van der Waals surface area contributed by atoms with E-state index in [1.807, 2.05) is 53.8 Å². The van der Waals surface area contributed by atoms with E-state index in [1.54, 1.807) is 0 Å². The number of nitrogens with zero attached hydrogens (tertiary/aromatic N) is 3. The van der Waals surface area contributed by atoms with Gasteiger partial charge in [0.05, 0.1) is 31.0 Å². The normalized spacial score (nSPS) is 24.9. The third-order valence-corrected chi connectivity index (χ3v) is 6.31. The number of carbonyl (C=O) groups is 1. The molecule has 6 heteroatoms. The molecule has 2 saturated heterocycles. The lowest BCUT2D eigenvalue weighted by Crippen LogP contribution is -2.41. The first-order valence-corrected chi connectivity index (χ1v) is 9.61. The quantitative estimate of drug-likeness (QED) is 0.894. The van der Waals surface area contributed by atoms with Gasteiger partial charge in [-0.05, 0) is 32.4 Å². The molecule has 27 heavy (non-hydrogen) atoms. The van der Waals surface area contributed by atoms with Crippen LogP contribution in [0.4, 0.5) is 0 Å². The molecule has 2 aliphatic heterocycles. The van der Waals surface area contributed by atoms with Crippen LogP contribution in [0, 0.1) is 25.2 Å². The van der Waals surface area contributed by atoms with Gasteiger partial charge in [-0.3, -0.25) is 4.79 Å². The van der Waals surface area contributed by atoms with E-state index in [-0.39, 0.29) is 23.8 Å². The van der Waals surface area contributed by atoms with E-state index in [4.69, 9.17) is 4.74 Å². The van der Waals surface area contributed by atoms with Crippen LogP contribution in [0.2, 0.25) is 0 Å². The minimum Gasteiger partial charge on any atom is -0.396 e. The Bertz CT molecular complexity index is 833. The summed E-state index contributed by atoms with van der Waals surface area (Å²) in [7, 11) is 0. The van der Waals surface area contributed by atoms with Crippen LogP contribution in [0.1, 0.15) is 23.4 Å². The molecule has 0 radical (unpaired) electrons. The van der Waals surface area contributed by atoms with Gasteiger partial charge in [0, 0.05) is 42.3 Å². The zero-order valence-corrected chi connectivity index (χ0v) is 16.0. The Morgan fingerprint density at radius 1 is 1.33 bits per heavy atom. The summed E-state index contributed by atoms with van der Waals surface area (Å²) in [5.41, 5.74) is 3.70. The van der Waals surface area contributed by atoms with E-state index in [0.29, 0.717) is 32.7 Å². The van der Waals surface area contributed by atoms with Crippen molar-refractivity contribution in [3.63, 3.8) is 0 Å². The standard InChI is InChI=1S/C21H27N3O3/c1-15-19(16(2)24(22-15)18-6-4-3-5-7-18)10-20(26)23-11-17-12-27-9-8-21(17,13-23)14-25/h3-7,17,25H,8-14H2,1-2H3/t17-,21-/m1/s1. The zero-order valence-electron chi connectivity index (χ0n) is 16.0. The molecule has 1 amide bonds. The lowest BCUT2D eigenvalue weighted by molar-refractivity contribution is -0.130. The molecule has 2 fully saturated rings. The van der Waals surface area contributed by atoms with Gasteiger partial charge in [-0.1, -0.05) is 18.2 Å². The smallest absolute Gasteiger partial charge is 0.227 e. The van der Waals surface area contributed by atoms with E-state index in [0.717, 1.165) is 29.1 Å². The van der Waals surface area contributed by atoms with Crippen LogP contribution in [-0.4, -0.2) is 58.6 Å². The SMILES string of the molecule is Cc1nn(-c2ccccc2)c(C)c1CC(=O)N1C[C@@H]2COCC[C@]2(CO)C1. The Kier molecular flexibility index (Phi) is 4.78. The van der Waals surface area contributed by atoms with Gasteiger partial charge in [0.15, 0.2) is 0 Å². The number of ether oxygens (including phenoxy) is 1. The summed E-state index contributed by atoms with van der Waals surface area (Å²) in [5, 5.41) is 14.6. The molecule has 1 N–H and O–H groups in total. The van der Waals surface area contributed by atoms with Crippen molar-refractivity contribution < 1.29 is 14.6 Å². The molecule has 0 aliphatic carbocycles. The number of amides is 1. The lowest BCUT2D eigenvalue weighted by atomic mass is 9.75.